The normalized spacial score (nSPS) is 15.8. The number of aromatic amines is 1. The standard InChI is InChI=1S/C27H31ClN8O2/c1-16-29-22(32-31-16)25(38)34-11-12-35(27(5,6)15-34)24(37)21-14-36-23(30-21)19(26(2,3)4)13-20(33-36)17-7-9-18(28)10-8-17/h7-10,13-14H,11-12,15H2,1-6H3,(H,29,31,32). The highest BCUT2D eigenvalue weighted by Gasteiger charge is 2.40. The van der Waals surface area contributed by atoms with Crippen molar-refractivity contribution in [2.45, 2.75) is 52.5 Å². The molecule has 0 aliphatic carbocycles. The summed E-state index contributed by atoms with van der Waals surface area (Å²) in [6, 6.07) is 9.54. The van der Waals surface area contributed by atoms with Gasteiger partial charge in [-0.05, 0) is 44.4 Å². The van der Waals surface area contributed by atoms with Crippen LogP contribution in [0.2, 0.25) is 5.02 Å². The Morgan fingerprint density at radius 2 is 1.76 bits per heavy atom. The zero-order chi connectivity index (χ0) is 27.4. The van der Waals surface area contributed by atoms with Crippen LogP contribution >= 0.6 is 11.6 Å². The van der Waals surface area contributed by atoms with E-state index in [0.717, 1.165) is 16.8 Å². The van der Waals surface area contributed by atoms with Crippen molar-refractivity contribution in [2.24, 2.45) is 0 Å². The first-order valence-corrected chi connectivity index (χ1v) is 12.9. The molecule has 1 aliphatic rings. The molecular formula is C27H31ClN8O2. The third kappa shape index (κ3) is 4.76. The first-order valence-electron chi connectivity index (χ1n) is 12.5. The number of imidazole rings is 1. The molecule has 5 rings (SSSR count). The number of rotatable bonds is 3. The molecule has 10 nitrogen and oxygen atoms in total. The second-order valence-electron chi connectivity index (χ2n) is 11.3. The Morgan fingerprint density at radius 1 is 1.05 bits per heavy atom. The lowest BCUT2D eigenvalue weighted by Gasteiger charge is -2.46. The van der Waals surface area contributed by atoms with Gasteiger partial charge in [0.15, 0.2) is 5.65 Å². The highest BCUT2D eigenvalue weighted by molar-refractivity contribution is 6.30. The van der Waals surface area contributed by atoms with Gasteiger partial charge in [-0.3, -0.25) is 14.7 Å². The Bertz CT molecular complexity index is 1530. The average molecular weight is 535 g/mol. The van der Waals surface area contributed by atoms with Gasteiger partial charge in [0.1, 0.15) is 11.5 Å². The Labute approximate surface area is 226 Å². The van der Waals surface area contributed by atoms with Crippen molar-refractivity contribution in [1.82, 2.24) is 39.6 Å². The molecule has 1 fully saturated rings. The first-order chi connectivity index (χ1) is 17.8. The molecule has 0 radical (unpaired) electrons. The zero-order valence-corrected chi connectivity index (χ0v) is 23.2. The van der Waals surface area contributed by atoms with Crippen LogP contribution in [0.5, 0.6) is 0 Å². The van der Waals surface area contributed by atoms with E-state index >= 15 is 0 Å². The molecule has 11 heteroatoms. The molecule has 0 bridgehead atoms. The number of hydrogen-bond donors (Lipinski definition) is 1. The number of H-pyrrole nitrogens is 1. The summed E-state index contributed by atoms with van der Waals surface area (Å²) < 4.78 is 1.69. The Kier molecular flexibility index (Phi) is 6.25. The van der Waals surface area contributed by atoms with Gasteiger partial charge in [0.2, 0.25) is 5.82 Å². The van der Waals surface area contributed by atoms with Crippen LogP contribution < -0.4 is 0 Å². The van der Waals surface area contributed by atoms with Crippen LogP contribution in [-0.2, 0) is 5.41 Å². The number of benzene rings is 1. The summed E-state index contributed by atoms with van der Waals surface area (Å²) in [6.45, 7) is 13.1. The maximum atomic E-state index is 13.8. The van der Waals surface area contributed by atoms with Crippen molar-refractivity contribution in [3.63, 3.8) is 0 Å². The molecule has 0 unspecified atom stereocenters. The molecule has 1 aromatic carbocycles. The van der Waals surface area contributed by atoms with Gasteiger partial charge >= 0.3 is 0 Å². The van der Waals surface area contributed by atoms with Crippen LogP contribution in [0.4, 0.5) is 0 Å². The van der Waals surface area contributed by atoms with Gasteiger partial charge in [-0.2, -0.15) is 5.10 Å². The average Bonchev–Trinajstić information content (AvgIpc) is 3.48. The number of piperazine rings is 1. The second-order valence-corrected chi connectivity index (χ2v) is 11.8. The molecule has 3 aromatic heterocycles. The van der Waals surface area contributed by atoms with Crippen LogP contribution in [0.15, 0.2) is 36.5 Å². The van der Waals surface area contributed by atoms with Gasteiger partial charge in [-0.1, -0.05) is 44.5 Å². The molecular weight excluding hydrogens is 504 g/mol. The van der Waals surface area contributed by atoms with E-state index < -0.39 is 5.54 Å². The number of nitrogens with zero attached hydrogens (tertiary/aromatic N) is 7. The number of carbonyl (C=O) groups excluding carboxylic acids is 2. The largest absolute Gasteiger partial charge is 0.332 e. The number of aromatic nitrogens is 6. The van der Waals surface area contributed by atoms with E-state index in [-0.39, 0.29) is 23.1 Å². The minimum atomic E-state index is -0.624. The molecule has 4 aromatic rings. The summed E-state index contributed by atoms with van der Waals surface area (Å²) in [6.07, 6.45) is 1.69. The van der Waals surface area contributed by atoms with E-state index in [9.17, 15) is 9.59 Å². The molecule has 2 amide bonds. The summed E-state index contributed by atoms with van der Waals surface area (Å²) in [5.74, 6) is 0.261. The number of fused-ring (bicyclic) bond motifs is 1. The molecule has 1 saturated heterocycles. The van der Waals surface area contributed by atoms with Crippen LogP contribution in [0.1, 0.15) is 67.1 Å². The molecule has 4 heterocycles. The van der Waals surface area contributed by atoms with Crippen molar-refractivity contribution in [1.29, 1.82) is 0 Å². The summed E-state index contributed by atoms with van der Waals surface area (Å²) in [4.78, 5) is 39.1. The maximum Gasteiger partial charge on any atom is 0.293 e. The predicted molar refractivity (Wildman–Crippen MR) is 144 cm³/mol. The van der Waals surface area contributed by atoms with Crippen molar-refractivity contribution >= 4 is 29.1 Å². The van der Waals surface area contributed by atoms with Gasteiger partial charge < -0.3 is 9.80 Å². The fourth-order valence-corrected chi connectivity index (χ4v) is 4.94. The fraction of sp³-hybridized carbons (Fsp3) is 0.407. The maximum absolute atomic E-state index is 13.8. The molecule has 1 N–H and O–H groups in total. The van der Waals surface area contributed by atoms with E-state index in [4.69, 9.17) is 21.7 Å². The molecule has 1 aliphatic heterocycles. The predicted octanol–water partition coefficient (Wildman–Crippen LogP) is 4.15. The SMILES string of the molecule is Cc1nc(C(=O)N2CCN(C(=O)c3cn4nc(-c5ccc(Cl)cc5)cc(C(C)(C)C)c4n3)C(C)(C)C2)n[nH]1. The number of nitrogens with one attached hydrogen (secondary N) is 1. The quantitative estimate of drug-likeness (QED) is 0.422. The summed E-state index contributed by atoms with van der Waals surface area (Å²) in [5.41, 5.74) is 2.77. The monoisotopic (exact) mass is 534 g/mol. The van der Waals surface area contributed by atoms with E-state index in [1.807, 2.05) is 44.2 Å². The third-order valence-electron chi connectivity index (χ3n) is 6.82. The minimum absolute atomic E-state index is 0.135. The van der Waals surface area contributed by atoms with E-state index in [1.54, 1.807) is 27.4 Å². The van der Waals surface area contributed by atoms with Crippen molar-refractivity contribution < 1.29 is 9.59 Å². The summed E-state index contributed by atoms with van der Waals surface area (Å²) >= 11 is 6.08. The topological polar surface area (TPSA) is 112 Å². The van der Waals surface area contributed by atoms with Gasteiger partial charge in [0, 0.05) is 35.8 Å². The zero-order valence-electron chi connectivity index (χ0n) is 22.4. The number of aryl methyl sites for hydroxylation is 1. The van der Waals surface area contributed by atoms with Crippen LogP contribution in [0, 0.1) is 6.92 Å². The summed E-state index contributed by atoms with van der Waals surface area (Å²) in [5, 5.41) is 12.1. The Morgan fingerprint density at radius 3 is 2.37 bits per heavy atom. The number of halogens is 1. The van der Waals surface area contributed by atoms with Crippen molar-refractivity contribution in [2.75, 3.05) is 19.6 Å². The lowest BCUT2D eigenvalue weighted by molar-refractivity contribution is 0.0160. The Hall–Kier alpha value is -3.79. The lowest BCUT2D eigenvalue weighted by Crippen LogP contribution is -2.62. The number of amides is 2. The lowest BCUT2D eigenvalue weighted by atomic mass is 9.87. The van der Waals surface area contributed by atoms with Crippen LogP contribution in [0.3, 0.4) is 0 Å². The fourth-order valence-electron chi connectivity index (χ4n) is 4.82. The van der Waals surface area contributed by atoms with Gasteiger partial charge in [-0.25, -0.2) is 14.5 Å². The Balaban J connectivity index is 1.46. The van der Waals surface area contributed by atoms with Crippen LogP contribution in [-0.4, -0.2) is 76.6 Å². The minimum Gasteiger partial charge on any atom is -0.332 e. The first kappa shape index (κ1) is 25.8. The highest BCUT2D eigenvalue weighted by Crippen LogP contribution is 2.31. The molecule has 0 atom stereocenters. The van der Waals surface area contributed by atoms with E-state index in [0.29, 0.717) is 41.8 Å². The summed E-state index contributed by atoms with van der Waals surface area (Å²) in [7, 11) is 0. The molecule has 38 heavy (non-hydrogen) atoms. The molecule has 0 saturated carbocycles. The van der Waals surface area contributed by atoms with Gasteiger partial charge in [0.05, 0.1) is 17.4 Å². The highest BCUT2D eigenvalue weighted by atomic mass is 35.5. The van der Waals surface area contributed by atoms with Crippen molar-refractivity contribution in [3.8, 4) is 11.3 Å². The van der Waals surface area contributed by atoms with Gasteiger partial charge in [-0.15, -0.1) is 5.10 Å². The number of hydrogen-bond acceptors (Lipinski definition) is 6. The second kappa shape index (κ2) is 9.20. The van der Waals surface area contributed by atoms with E-state index in [1.165, 1.54) is 0 Å². The molecule has 198 valence electrons. The molecule has 0 spiro atoms. The van der Waals surface area contributed by atoms with Crippen LogP contribution in [0.25, 0.3) is 16.9 Å². The van der Waals surface area contributed by atoms with Crippen molar-refractivity contribution in [3.05, 3.63) is 64.5 Å². The number of carbonyl (C=O) groups is 2. The third-order valence-corrected chi connectivity index (χ3v) is 7.07. The van der Waals surface area contributed by atoms with E-state index in [2.05, 4.69) is 36.0 Å². The van der Waals surface area contributed by atoms with Gasteiger partial charge in [0.25, 0.3) is 11.8 Å². The smallest absolute Gasteiger partial charge is 0.293 e.